The molecular formula is C17H15N3O2S. The molecule has 0 bridgehead atoms. The van der Waals surface area contributed by atoms with Crippen LogP contribution in [0.1, 0.15) is 0 Å². The number of ether oxygens (including phenoxy) is 2. The number of nitrogens with zero attached hydrogens (tertiary/aromatic N) is 2. The minimum absolute atomic E-state index is 0.0318. The van der Waals surface area contributed by atoms with Crippen molar-refractivity contribution in [3.63, 3.8) is 0 Å². The highest BCUT2D eigenvalue weighted by Crippen LogP contribution is 2.31. The molecule has 1 aliphatic rings. The first-order valence-electron chi connectivity index (χ1n) is 7.37. The second-order valence-electron chi connectivity index (χ2n) is 5.16. The van der Waals surface area contributed by atoms with Crippen molar-refractivity contribution in [3.8, 4) is 22.8 Å². The van der Waals surface area contributed by atoms with Gasteiger partial charge in [-0.2, -0.15) is 0 Å². The van der Waals surface area contributed by atoms with Crippen LogP contribution in [-0.4, -0.2) is 29.2 Å². The highest BCUT2D eigenvalue weighted by atomic mass is 32.1. The van der Waals surface area contributed by atoms with Crippen LogP contribution in [0.2, 0.25) is 0 Å². The molecule has 116 valence electrons. The Hall–Kier alpha value is -2.60. The van der Waals surface area contributed by atoms with Gasteiger partial charge in [0.2, 0.25) is 0 Å². The number of fused-ring (bicyclic) bond motifs is 1. The van der Waals surface area contributed by atoms with Crippen molar-refractivity contribution in [2.45, 2.75) is 6.10 Å². The average Bonchev–Trinajstić information content (AvgIpc) is 3.10. The molecule has 1 aliphatic heterocycles. The predicted molar refractivity (Wildman–Crippen MR) is 90.2 cm³/mol. The lowest BCUT2D eigenvalue weighted by atomic mass is 10.2. The summed E-state index contributed by atoms with van der Waals surface area (Å²) in [6.45, 7) is 1.18. The van der Waals surface area contributed by atoms with Crippen LogP contribution < -0.4 is 14.8 Å². The lowest BCUT2D eigenvalue weighted by Crippen LogP contribution is -2.35. The lowest BCUT2D eigenvalue weighted by Gasteiger charge is -2.26. The van der Waals surface area contributed by atoms with Gasteiger partial charge in [-0.25, -0.2) is 4.98 Å². The van der Waals surface area contributed by atoms with Crippen LogP contribution in [0.3, 0.4) is 0 Å². The van der Waals surface area contributed by atoms with Crippen LogP contribution in [0.15, 0.2) is 54.2 Å². The van der Waals surface area contributed by atoms with E-state index in [1.54, 1.807) is 17.5 Å². The maximum Gasteiger partial charge on any atom is 0.183 e. The Balaban J connectivity index is 1.38. The topological polar surface area (TPSA) is 56.3 Å². The number of aromatic nitrogens is 2. The standard InChI is InChI=1S/C17H15N3O2S/c1-2-6-16-15(5-1)21-10-13(22-16)9-19-17-20-14(11-23-17)12-4-3-7-18-8-12/h1-8,11,13H,9-10H2,(H,19,20). The molecule has 6 heteroatoms. The fraction of sp³-hybridized carbons (Fsp3) is 0.176. The van der Waals surface area contributed by atoms with Crippen LogP contribution in [0, 0.1) is 0 Å². The first-order valence-corrected chi connectivity index (χ1v) is 8.25. The molecular weight excluding hydrogens is 310 g/mol. The molecule has 0 saturated heterocycles. The van der Waals surface area contributed by atoms with Gasteiger partial charge in [0.1, 0.15) is 12.7 Å². The SMILES string of the molecule is c1cncc(-c2csc(NCC3COc4ccccc4O3)n2)c1. The Morgan fingerprint density at radius 2 is 2.09 bits per heavy atom. The monoisotopic (exact) mass is 325 g/mol. The number of anilines is 1. The molecule has 0 saturated carbocycles. The van der Waals surface area contributed by atoms with Gasteiger partial charge in [0, 0.05) is 23.3 Å². The molecule has 0 aliphatic carbocycles. The lowest BCUT2D eigenvalue weighted by molar-refractivity contribution is 0.0997. The van der Waals surface area contributed by atoms with E-state index in [1.165, 1.54) is 0 Å². The smallest absolute Gasteiger partial charge is 0.183 e. The zero-order valence-electron chi connectivity index (χ0n) is 12.3. The highest BCUT2D eigenvalue weighted by Gasteiger charge is 2.20. The van der Waals surface area contributed by atoms with Gasteiger partial charge in [0.25, 0.3) is 0 Å². The van der Waals surface area contributed by atoms with E-state index in [0.29, 0.717) is 13.2 Å². The van der Waals surface area contributed by atoms with Crippen LogP contribution in [-0.2, 0) is 0 Å². The Kier molecular flexibility index (Phi) is 3.81. The maximum atomic E-state index is 5.92. The van der Waals surface area contributed by atoms with Crippen molar-refractivity contribution in [1.29, 1.82) is 0 Å². The molecule has 4 rings (SSSR count). The number of nitrogens with one attached hydrogen (secondary N) is 1. The summed E-state index contributed by atoms with van der Waals surface area (Å²) >= 11 is 1.57. The van der Waals surface area contributed by atoms with E-state index in [0.717, 1.165) is 27.9 Å². The summed E-state index contributed by atoms with van der Waals surface area (Å²) in [5, 5.41) is 6.20. The molecule has 1 aromatic carbocycles. The Morgan fingerprint density at radius 3 is 2.96 bits per heavy atom. The van der Waals surface area contributed by atoms with E-state index in [9.17, 15) is 0 Å². The third-order valence-corrected chi connectivity index (χ3v) is 4.31. The van der Waals surface area contributed by atoms with Crippen LogP contribution in [0.4, 0.5) is 5.13 Å². The number of hydrogen-bond donors (Lipinski definition) is 1. The van der Waals surface area contributed by atoms with Crippen LogP contribution >= 0.6 is 11.3 Å². The van der Waals surface area contributed by atoms with Crippen molar-refractivity contribution in [2.75, 3.05) is 18.5 Å². The van der Waals surface area contributed by atoms with Crippen molar-refractivity contribution in [3.05, 3.63) is 54.2 Å². The van der Waals surface area contributed by atoms with Gasteiger partial charge < -0.3 is 14.8 Å². The summed E-state index contributed by atoms with van der Waals surface area (Å²) in [5.41, 5.74) is 1.94. The number of pyridine rings is 1. The van der Waals surface area contributed by atoms with Gasteiger partial charge in [0.05, 0.1) is 12.2 Å². The van der Waals surface area contributed by atoms with E-state index in [2.05, 4.69) is 15.3 Å². The molecule has 5 nitrogen and oxygen atoms in total. The summed E-state index contributed by atoms with van der Waals surface area (Å²) in [5.74, 6) is 1.60. The quantitative estimate of drug-likeness (QED) is 0.796. The van der Waals surface area contributed by atoms with Gasteiger partial charge in [-0.3, -0.25) is 4.98 Å². The second kappa shape index (κ2) is 6.26. The third kappa shape index (κ3) is 3.12. The number of thiazole rings is 1. The van der Waals surface area contributed by atoms with Crippen LogP contribution in [0.5, 0.6) is 11.5 Å². The third-order valence-electron chi connectivity index (χ3n) is 3.51. The fourth-order valence-corrected chi connectivity index (χ4v) is 3.10. The van der Waals surface area contributed by atoms with Gasteiger partial charge in [-0.15, -0.1) is 11.3 Å². The molecule has 0 amide bonds. The molecule has 1 atom stereocenters. The van der Waals surface area contributed by atoms with Gasteiger partial charge in [-0.05, 0) is 24.3 Å². The molecule has 1 unspecified atom stereocenters. The van der Waals surface area contributed by atoms with Crippen LogP contribution in [0.25, 0.3) is 11.3 Å². The summed E-state index contributed by atoms with van der Waals surface area (Å²) in [6.07, 6.45) is 3.54. The number of benzene rings is 1. The average molecular weight is 325 g/mol. The minimum Gasteiger partial charge on any atom is -0.486 e. The molecule has 0 radical (unpaired) electrons. The van der Waals surface area contributed by atoms with Crippen molar-refractivity contribution < 1.29 is 9.47 Å². The molecule has 0 fully saturated rings. The molecule has 23 heavy (non-hydrogen) atoms. The summed E-state index contributed by atoms with van der Waals surface area (Å²) in [6, 6.07) is 11.6. The first-order chi connectivity index (χ1) is 11.4. The zero-order valence-corrected chi connectivity index (χ0v) is 13.1. The van der Waals surface area contributed by atoms with Gasteiger partial charge in [-0.1, -0.05) is 12.1 Å². The predicted octanol–water partition coefficient (Wildman–Crippen LogP) is 3.46. The van der Waals surface area contributed by atoms with Crippen molar-refractivity contribution >= 4 is 16.5 Å². The molecule has 3 aromatic rings. The van der Waals surface area contributed by atoms with Crippen molar-refractivity contribution in [1.82, 2.24) is 9.97 Å². The van der Waals surface area contributed by atoms with Crippen molar-refractivity contribution in [2.24, 2.45) is 0 Å². The van der Waals surface area contributed by atoms with E-state index in [4.69, 9.17) is 9.47 Å². The van der Waals surface area contributed by atoms with E-state index in [-0.39, 0.29) is 6.10 Å². The van der Waals surface area contributed by atoms with Gasteiger partial charge >= 0.3 is 0 Å². The first kappa shape index (κ1) is 14.0. The van der Waals surface area contributed by atoms with Gasteiger partial charge in [0.15, 0.2) is 16.6 Å². The fourth-order valence-electron chi connectivity index (χ4n) is 2.37. The number of rotatable bonds is 4. The maximum absolute atomic E-state index is 5.92. The van der Waals surface area contributed by atoms with E-state index >= 15 is 0 Å². The van der Waals surface area contributed by atoms with E-state index < -0.39 is 0 Å². The zero-order chi connectivity index (χ0) is 15.5. The molecule has 2 aromatic heterocycles. The Labute approximate surface area is 137 Å². The number of hydrogen-bond acceptors (Lipinski definition) is 6. The molecule has 3 heterocycles. The molecule has 0 spiro atoms. The Morgan fingerprint density at radius 1 is 1.17 bits per heavy atom. The summed E-state index contributed by atoms with van der Waals surface area (Å²) < 4.78 is 11.6. The molecule has 1 N–H and O–H groups in total. The number of para-hydroxylation sites is 2. The Bertz CT molecular complexity index is 791. The minimum atomic E-state index is -0.0318. The van der Waals surface area contributed by atoms with E-state index in [1.807, 2.05) is 48.0 Å². The highest BCUT2D eigenvalue weighted by molar-refractivity contribution is 7.14. The summed E-state index contributed by atoms with van der Waals surface area (Å²) in [7, 11) is 0. The second-order valence-corrected chi connectivity index (χ2v) is 6.02. The summed E-state index contributed by atoms with van der Waals surface area (Å²) in [4.78, 5) is 8.70. The normalized spacial score (nSPS) is 16.1. The largest absolute Gasteiger partial charge is 0.486 e.